The molecule has 0 aliphatic carbocycles. The highest BCUT2D eigenvalue weighted by atomic mass is 28.3. The first-order valence-electron chi connectivity index (χ1n) is 7.13. The Bertz CT molecular complexity index is 469. The van der Waals surface area contributed by atoms with Gasteiger partial charge in [-0.1, -0.05) is 87.2 Å². The third kappa shape index (κ3) is 2.39. The molecule has 1 heteroatoms. The van der Waals surface area contributed by atoms with Crippen LogP contribution in [0.4, 0.5) is 0 Å². The van der Waals surface area contributed by atoms with Gasteiger partial charge in [0.1, 0.15) is 0 Å². The van der Waals surface area contributed by atoms with Gasteiger partial charge in [-0.2, -0.15) is 0 Å². The molecule has 2 aromatic carbocycles. The Labute approximate surface area is 118 Å². The van der Waals surface area contributed by atoms with Crippen molar-refractivity contribution in [3.8, 4) is 0 Å². The maximum atomic E-state index is 2.48. The summed E-state index contributed by atoms with van der Waals surface area (Å²) in [5, 5.41) is 0.204. The standard InChI is InChI=1S/C18H24Si/c1-5-18(19(2,3)4,16-12-8-6-9-13-16)17-14-10-7-11-15-17/h6-15H,5H2,1-4H3. The average Bonchev–Trinajstić information content (AvgIpc) is 2.41. The van der Waals surface area contributed by atoms with Crippen LogP contribution in [0.25, 0.3) is 0 Å². The van der Waals surface area contributed by atoms with E-state index in [0.29, 0.717) is 0 Å². The summed E-state index contributed by atoms with van der Waals surface area (Å²) >= 11 is 0. The quantitative estimate of drug-likeness (QED) is 0.663. The molecule has 0 aliphatic heterocycles. The number of benzene rings is 2. The van der Waals surface area contributed by atoms with Gasteiger partial charge >= 0.3 is 0 Å². The van der Waals surface area contributed by atoms with Gasteiger partial charge in [0.25, 0.3) is 0 Å². The SMILES string of the molecule is CCC(c1ccccc1)(c1ccccc1)[Si](C)(C)C. The van der Waals surface area contributed by atoms with Gasteiger partial charge in [0, 0.05) is 5.04 Å². The molecule has 0 heterocycles. The third-order valence-electron chi connectivity index (χ3n) is 4.34. The van der Waals surface area contributed by atoms with Crippen molar-refractivity contribution in [1.82, 2.24) is 0 Å². The zero-order chi connectivity index (χ0) is 13.9. The second-order valence-electron chi connectivity index (χ2n) is 6.24. The minimum atomic E-state index is -1.42. The fourth-order valence-corrected chi connectivity index (χ4v) is 6.54. The molecular weight excluding hydrogens is 244 g/mol. The van der Waals surface area contributed by atoms with E-state index in [2.05, 4.69) is 87.2 Å². The first-order chi connectivity index (χ1) is 9.02. The van der Waals surface area contributed by atoms with E-state index >= 15 is 0 Å². The summed E-state index contributed by atoms with van der Waals surface area (Å²) < 4.78 is 0. The van der Waals surface area contributed by atoms with Gasteiger partial charge in [0.2, 0.25) is 0 Å². The molecule has 0 aromatic heterocycles. The topological polar surface area (TPSA) is 0 Å². The summed E-state index contributed by atoms with van der Waals surface area (Å²) in [5.41, 5.74) is 2.95. The molecule has 0 atom stereocenters. The van der Waals surface area contributed by atoms with Crippen LogP contribution in [0.1, 0.15) is 24.5 Å². The van der Waals surface area contributed by atoms with E-state index in [1.165, 1.54) is 11.1 Å². The number of rotatable bonds is 4. The zero-order valence-electron chi connectivity index (χ0n) is 12.5. The molecule has 0 aliphatic rings. The van der Waals surface area contributed by atoms with E-state index in [0.717, 1.165) is 6.42 Å². The van der Waals surface area contributed by atoms with Crippen LogP contribution < -0.4 is 0 Å². The number of hydrogen-bond acceptors (Lipinski definition) is 0. The Balaban J connectivity index is 2.70. The molecule has 0 unspecified atom stereocenters. The van der Waals surface area contributed by atoms with Crippen LogP contribution in [0, 0.1) is 0 Å². The van der Waals surface area contributed by atoms with Gasteiger partial charge in [0.05, 0.1) is 8.07 Å². The largest absolute Gasteiger partial charge is 0.0686 e. The summed E-state index contributed by atoms with van der Waals surface area (Å²) in [5.74, 6) is 0. The highest BCUT2D eigenvalue weighted by Gasteiger charge is 2.44. The smallest absolute Gasteiger partial charge is 0.0612 e. The predicted molar refractivity (Wildman–Crippen MR) is 87.3 cm³/mol. The van der Waals surface area contributed by atoms with E-state index in [1.54, 1.807) is 0 Å². The van der Waals surface area contributed by atoms with Gasteiger partial charge in [-0.25, -0.2) is 0 Å². The third-order valence-corrected chi connectivity index (χ3v) is 7.84. The van der Waals surface area contributed by atoms with E-state index in [-0.39, 0.29) is 5.04 Å². The van der Waals surface area contributed by atoms with E-state index < -0.39 is 8.07 Å². The van der Waals surface area contributed by atoms with Crippen LogP contribution in [-0.4, -0.2) is 8.07 Å². The Morgan fingerprint density at radius 2 is 1.11 bits per heavy atom. The Morgan fingerprint density at radius 1 is 0.737 bits per heavy atom. The van der Waals surface area contributed by atoms with Crippen LogP contribution in [0.2, 0.25) is 19.6 Å². The molecular formula is C18H24Si. The lowest BCUT2D eigenvalue weighted by molar-refractivity contribution is 0.660. The first-order valence-corrected chi connectivity index (χ1v) is 10.6. The number of hydrogen-bond donors (Lipinski definition) is 0. The lowest BCUT2D eigenvalue weighted by Gasteiger charge is -2.44. The molecule has 0 fully saturated rings. The summed E-state index contributed by atoms with van der Waals surface area (Å²) in [4.78, 5) is 0. The van der Waals surface area contributed by atoms with Crippen molar-refractivity contribution >= 4 is 8.07 Å². The molecule has 0 amide bonds. The van der Waals surface area contributed by atoms with Crippen molar-refractivity contribution in [3.05, 3.63) is 71.8 Å². The monoisotopic (exact) mass is 268 g/mol. The average molecular weight is 268 g/mol. The van der Waals surface area contributed by atoms with Crippen molar-refractivity contribution in [2.24, 2.45) is 0 Å². The molecule has 0 saturated heterocycles. The Morgan fingerprint density at radius 3 is 1.37 bits per heavy atom. The van der Waals surface area contributed by atoms with Gasteiger partial charge in [-0.15, -0.1) is 0 Å². The van der Waals surface area contributed by atoms with Crippen LogP contribution in [-0.2, 0) is 5.04 Å². The van der Waals surface area contributed by atoms with Crippen LogP contribution in [0.3, 0.4) is 0 Å². The van der Waals surface area contributed by atoms with Crippen LogP contribution in [0.5, 0.6) is 0 Å². The van der Waals surface area contributed by atoms with Gasteiger partial charge in [-0.05, 0) is 17.5 Å². The Kier molecular flexibility index (Phi) is 3.95. The highest BCUT2D eigenvalue weighted by molar-refractivity contribution is 6.79. The van der Waals surface area contributed by atoms with Gasteiger partial charge in [-0.3, -0.25) is 0 Å². The predicted octanol–water partition coefficient (Wildman–Crippen LogP) is 5.26. The molecule has 2 rings (SSSR count). The van der Waals surface area contributed by atoms with Crippen LogP contribution >= 0.6 is 0 Å². The zero-order valence-corrected chi connectivity index (χ0v) is 13.5. The minimum absolute atomic E-state index is 0.204. The van der Waals surface area contributed by atoms with Crippen molar-refractivity contribution in [3.63, 3.8) is 0 Å². The molecule has 19 heavy (non-hydrogen) atoms. The molecule has 100 valence electrons. The maximum Gasteiger partial charge on any atom is 0.0612 e. The van der Waals surface area contributed by atoms with Crippen molar-refractivity contribution in [1.29, 1.82) is 0 Å². The molecule has 0 bridgehead atoms. The molecule has 0 saturated carbocycles. The van der Waals surface area contributed by atoms with Crippen molar-refractivity contribution in [2.75, 3.05) is 0 Å². The van der Waals surface area contributed by atoms with Gasteiger partial charge in [0.15, 0.2) is 0 Å². The van der Waals surface area contributed by atoms with Crippen molar-refractivity contribution in [2.45, 2.75) is 38.0 Å². The van der Waals surface area contributed by atoms with E-state index in [1.807, 2.05) is 0 Å². The van der Waals surface area contributed by atoms with E-state index in [4.69, 9.17) is 0 Å². The minimum Gasteiger partial charge on any atom is -0.0686 e. The van der Waals surface area contributed by atoms with E-state index in [9.17, 15) is 0 Å². The first kappa shape index (κ1) is 14.1. The fourth-order valence-electron chi connectivity index (χ4n) is 3.42. The second kappa shape index (κ2) is 5.34. The molecule has 2 aromatic rings. The summed E-state index contributed by atoms with van der Waals surface area (Å²) in [7, 11) is -1.42. The maximum absolute atomic E-state index is 2.48. The lowest BCUT2D eigenvalue weighted by atomic mass is 9.87. The summed E-state index contributed by atoms with van der Waals surface area (Å²) in [6.45, 7) is 9.78. The molecule has 0 spiro atoms. The summed E-state index contributed by atoms with van der Waals surface area (Å²) in [6.07, 6.45) is 1.16. The highest BCUT2D eigenvalue weighted by Crippen LogP contribution is 2.43. The van der Waals surface area contributed by atoms with Crippen molar-refractivity contribution < 1.29 is 0 Å². The Hall–Kier alpha value is -1.34. The molecule has 0 nitrogen and oxygen atoms in total. The fraction of sp³-hybridized carbons (Fsp3) is 0.333. The molecule has 0 radical (unpaired) electrons. The van der Waals surface area contributed by atoms with Gasteiger partial charge < -0.3 is 0 Å². The lowest BCUT2D eigenvalue weighted by Crippen LogP contribution is -2.50. The van der Waals surface area contributed by atoms with Crippen LogP contribution in [0.15, 0.2) is 60.7 Å². The summed E-state index contributed by atoms with van der Waals surface area (Å²) in [6, 6.07) is 22.1. The molecule has 0 N–H and O–H groups in total. The normalized spacial score (nSPS) is 12.4. The second-order valence-corrected chi connectivity index (χ2v) is 11.6.